The number of aromatic carboxylic acids is 1. The van der Waals surface area contributed by atoms with Crippen LogP contribution in [0.15, 0.2) is 29.6 Å². The second-order valence-corrected chi connectivity index (χ2v) is 8.32. The predicted octanol–water partition coefficient (Wildman–Crippen LogP) is 4.09. The molecule has 2 heterocycles. The van der Waals surface area contributed by atoms with Gasteiger partial charge in [0.15, 0.2) is 0 Å². The molecule has 1 aromatic heterocycles. The molecule has 0 unspecified atom stereocenters. The van der Waals surface area contributed by atoms with Crippen LogP contribution in [0.3, 0.4) is 0 Å². The summed E-state index contributed by atoms with van der Waals surface area (Å²) in [6.45, 7) is 3.79. The minimum Gasteiger partial charge on any atom is -0.477 e. The molecule has 0 bridgehead atoms. The minimum atomic E-state index is -3.49. The molecule has 8 heteroatoms. The molecule has 0 radical (unpaired) electrons. The molecule has 1 fully saturated rings. The van der Waals surface area contributed by atoms with E-state index in [9.17, 15) is 23.5 Å². The summed E-state index contributed by atoms with van der Waals surface area (Å²) in [5, 5.41) is 19.2. The van der Waals surface area contributed by atoms with Crippen LogP contribution >= 0.6 is 11.3 Å². The van der Waals surface area contributed by atoms with Gasteiger partial charge in [-0.2, -0.15) is 8.78 Å². The molecule has 0 saturated carbocycles. The van der Waals surface area contributed by atoms with Gasteiger partial charge in [0.1, 0.15) is 4.88 Å². The molecule has 5 nitrogen and oxygen atoms in total. The van der Waals surface area contributed by atoms with Crippen molar-refractivity contribution in [3.63, 3.8) is 0 Å². The van der Waals surface area contributed by atoms with Gasteiger partial charge in [-0.1, -0.05) is 13.8 Å². The highest BCUT2D eigenvalue weighted by Gasteiger charge is 2.50. The number of hydrogen-bond acceptors (Lipinski definition) is 4. The second kappa shape index (κ2) is 10.5. The van der Waals surface area contributed by atoms with Gasteiger partial charge in [-0.15, -0.1) is 28.9 Å². The van der Waals surface area contributed by atoms with E-state index in [0.717, 1.165) is 27.5 Å². The first-order chi connectivity index (χ1) is 14.2. The lowest BCUT2D eigenvalue weighted by Gasteiger charge is -2.16. The quantitative estimate of drug-likeness (QED) is 0.474. The maximum absolute atomic E-state index is 14.0. The molecule has 0 aliphatic carbocycles. The standard InChI is InChI=1S/C22H25F2NO4S/c1-3-4-5-7-15(2)18(26)11-9-16-14-22(23,24)21(29)25(16)13-6-8-17-10-12-19(30-17)20(27)28/h10-12,15,18,26H,3,6-8,13-14H2,1-2H3,(H,27,28)/t9?,15-,18-/m1/s1. The number of carboxylic acid groups (broad SMARTS) is 1. The number of aliphatic hydroxyl groups is 1. The first kappa shape index (κ1) is 23.8. The van der Waals surface area contributed by atoms with Crippen LogP contribution in [0.5, 0.6) is 0 Å². The van der Waals surface area contributed by atoms with Crippen LogP contribution < -0.4 is 0 Å². The van der Waals surface area contributed by atoms with Crippen molar-refractivity contribution in [3.05, 3.63) is 39.4 Å². The lowest BCUT2D eigenvalue weighted by Crippen LogP contribution is -2.33. The SMILES string of the molecule is CCC#CC[C@@H](C)[C@H](O)C=C=C1CC(F)(F)C(=O)N1CCCc1ccc(C(=O)O)s1. The zero-order valence-corrected chi connectivity index (χ0v) is 17.8. The highest BCUT2D eigenvalue weighted by atomic mass is 32.1. The van der Waals surface area contributed by atoms with Crippen LogP contribution in [0.2, 0.25) is 0 Å². The summed E-state index contributed by atoms with van der Waals surface area (Å²) < 4.78 is 27.9. The summed E-state index contributed by atoms with van der Waals surface area (Å²) in [7, 11) is 0. The predicted molar refractivity (Wildman–Crippen MR) is 110 cm³/mol. The van der Waals surface area contributed by atoms with Gasteiger partial charge in [0.2, 0.25) is 0 Å². The normalized spacial score (nSPS) is 17.2. The van der Waals surface area contributed by atoms with Gasteiger partial charge in [-0.05, 0) is 37.0 Å². The third kappa shape index (κ3) is 6.27. The van der Waals surface area contributed by atoms with Crippen molar-refractivity contribution < 1.29 is 28.6 Å². The van der Waals surface area contributed by atoms with Gasteiger partial charge in [0, 0.05) is 24.3 Å². The molecular weight excluding hydrogens is 412 g/mol. The number of thiophene rings is 1. The molecule has 0 aromatic carbocycles. The zero-order chi connectivity index (χ0) is 22.3. The number of halogens is 2. The third-order valence-electron chi connectivity index (χ3n) is 4.68. The number of nitrogens with zero attached hydrogens (tertiary/aromatic N) is 1. The van der Waals surface area contributed by atoms with Gasteiger partial charge in [0.05, 0.1) is 18.2 Å². The summed E-state index contributed by atoms with van der Waals surface area (Å²) in [6, 6.07) is 3.18. The highest BCUT2D eigenvalue weighted by molar-refractivity contribution is 7.13. The average molecular weight is 438 g/mol. The summed E-state index contributed by atoms with van der Waals surface area (Å²) in [4.78, 5) is 25.0. The van der Waals surface area contributed by atoms with E-state index in [1.54, 1.807) is 13.0 Å². The third-order valence-corrected chi connectivity index (χ3v) is 5.81. The van der Waals surface area contributed by atoms with E-state index < -0.39 is 30.3 Å². The molecule has 1 aromatic rings. The largest absolute Gasteiger partial charge is 0.477 e. The second-order valence-electron chi connectivity index (χ2n) is 7.15. The van der Waals surface area contributed by atoms with Crippen molar-refractivity contribution in [1.29, 1.82) is 0 Å². The monoisotopic (exact) mass is 437 g/mol. The van der Waals surface area contributed by atoms with E-state index in [1.165, 1.54) is 12.1 Å². The Bertz CT molecular complexity index is 906. The number of aryl methyl sites for hydroxylation is 1. The lowest BCUT2D eigenvalue weighted by atomic mass is 10.0. The highest BCUT2D eigenvalue weighted by Crippen LogP contribution is 2.35. The van der Waals surface area contributed by atoms with E-state index in [2.05, 4.69) is 17.6 Å². The summed E-state index contributed by atoms with van der Waals surface area (Å²) >= 11 is 1.13. The minimum absolute atomic E-state index is 0.0493. The Hall–Kier alpha value is -2.46. The number of carbonyl (C=O) groups excluding carboxylic acids is 1. The van der Waals surface area contributed by atoms with E-state index in [1.807, 2.05) is 6.92 Å². The Morgan fingerprint density at radius 2 is 2.13 bits per heavy atom. The summed E-state index contributed by atoms with van der Waals surface area (Å²) in [6.07, 6.45) is 1.72. The number of hydrogen-bond donors (Lipinski definition) is 2. The maximum atomic E-state index is 14.0. The zero-order valence-electron chi connectivity index (χ0n) is 17.0. The number of likely N-dealkylation sites (tertiary alicyclic amines) is 1. The van der Waals surface area contributed by atoms with Crippen molar-refractivity contribution in [3.8, 4) is 11.8 Å². The van der Waals surface area contributed by atoms with Crippen molar-refractivity contribution in [2.45, 2.75) is 58.0 Å². The van der Waals surface area contributed by atoms with Crippen molar-refractivity contribution >= 4 is 23.2 Å². The molecule has 2 rings (SSSR count). The van der Waals surface area contributed by atoms with Gasteiger partial charge in [0.25, 0.3) is 5.91 Å². The maximum Gasteiger partial charge on any atom is 0.345 e. The molecule has 1 saturated heterocycles. The fourth-order valence-corrected chi connectivity index (χ4v) is 3.82. The fourth-order valence-electron chi connectivity index (χ4n) is 2.93. The van der Waals surface area contributed by atoms with E-state index >= 15 is 0 Å². The Morgan fingerprint density at radius 1 is 1.40 bits per heavy atom. The molecule has 0 spiro atoms. The molecular formula is C22H25F2NO4S. The molecule has 1 aliphatic rings. The van der Waals surface area contributed by atoms with E-state index in [4.69, 9.17) is 5.11 Å². The van der Waals surface area contributed by atoms with E-state index in [-0.39, 0.29) is 23.0 Å². The van der Waals surface area contributed by atoms with Crippen LogP contribution in [0.1, 0.15) is 54.1 Å². The van der Waals surface area contributed by atoms with Gasteiger partial charge < -0.3 is 15.1 Å². The number of aliphatic hydroxyl groups excluding tert-OH is 1. The number of carboxylic acids is 1. The summed E-state index contributed by atoms with van der Waals surface area (Å²) in [5.41, 5.74) is 2.75. The Balaban J connectivity index is 2.06. The van der Waals surface area contributed by atoms with Gasteiger partial charge in [-0.3, -0.25) is 4.79 Å². The molecule has 162 valence electrons. The topological polar surface area (TPSA) is 77.8 Å². The number of alkyl halides is 2. The van der Waals surface area contributed by atoms with Gasteiger partial charge in [-0.25, -0.2) is 4.79 Å². The number of rotatable bonds is 8. The molecule has 1 amide bonds. The van der Waals surface area contributed by atoms with Crippen molar-refractivity contribution in [2.75, 3.05) is 6.54 Å². The van der Waals surface area contributed by atoms with Crippen LogP contribution in [0, 0.1) is 17.8 Å². The van der Waals surface area contributed by atoms with Crippen LogP contribution in [0.4, 0.5) is 8.78 Å². The summed E-state index contributed by atoms with van der Waals surface area (Å²) in [5.74, 6) is -0.103. The first-order valence-corrected chi connectivity index (χ1v) is 10.6. The molecule has 2 atom stereocenters. The Kier molecular flexibility index (Phi) is 8.36. The molecule has 30 heavy (non-hydrogen) atoms. The smallest absolute Gasteiger partial charge is 0.345 e. The van der Waals surface area contributed by atoms with E-state index in [0.29, 0.717) is 19.3 Å². The first-order valence-electron chi connectivity index (χ1n) is 9.77. The molecule has 2 N–H and O–H groups in total. The van der Waals surface area contributed by atoms with Crippen LogP contribution in [-0.4, -0.2) is 45.6 Å². The average Bonchev–Trinajstić information content (AvgIpc) is 3.24. The van der Waals surface area contributed by atoms with Crippen LogP contribution in [0.25, 0.3) is 0 Å². The Labute approximate surface area is 178 Å². The number of carbonyl (C=O) groups is 2. The Morgan fingerprint density at radius 3 is 2.77 bits per heavy atom. The lowest BCUT2D eigenvalue weighted by molar-refractivity contribution is -0.147. The van der Waals surface area contributed by atoms with Crippen molar-refractivity contribution in [2.24, 2.45) is 5.92 Å². The van der Waals surface area contributed by atoms with Crippen LogP contribution in [-0.2, 0) is 11.2 Å². The van der Waals surface area contributed by atoms with Crippen molar-refractivity contribution in [1.82, 2.24) is 4.90 Å². The molecule has 1 aliphatic heterocycles. The fraction of sp³-hybridized carbons (Fsp3) is 0.500. The van der Waals surface area contributed by atoms with Gasteiger partial charge >= 0.3 is 11.9 Å². The number of amides is 1.